The quantitative estimate of drug-likeness (QED) is 0.338. The predicted octanol–water partition coefficient (Wildman–Crippen LogP) is 5.29. The van der Waals surface area contributed by atoms with Crippen LogP contribution in [0.3, 0.4) is 0 Å². The van der Waals surface area contributed by atoms with Crippen molar-refractivity contribution in [1.29, 1.82) is 0 Å². The molecule has 0 fully saturated rings. The summed E-state index contributed by atoms with van der Waals surface area (Å²) < 4.78 is 7.96. The van der Waals surface area contributed by atoms with Crippen molar-refractivity contribution in [2.75, 3.05) is 11.1 Å². The highest BCUT2D eigenvalue weighted by Crippen LogP contribution is 2.26. The minimum absolute atomic E-state index is 0.134. The Morgan fingerprint density at radius 1 is 1.12 bits per heavy atom. The highest BCUT2D eigenvalue weighted by molar-refractivity contribution is 7.99. The molecule has 2 aromatic carbocycles. The number of thioether (sulfide) groups is 1. The summed E-state index contributed by atoms with van der Waals surface area (Å²) in [5, 5.41) is 14.7. The van der Waals surface area contributed by atoms with Gasteiger partial charge in [-0.3, -0.25) is 4.79 Å². The number of thiazole rings is 1. The Morgan fingerprint density at radius 3 is 2.56 bits per heavy atom. The van der Waals surface area contributed by atoms with Gasteiger partial charge in [0.05, 0.1) is 11.4 Å². The van der Waals surface area contributed by atoms with Crippen LogP contribution in [0.2, 0.25) is 0 Å². The fraction of sp³-hybridized carbons (Fsp3) is 0.217. The third kappa shape index (κ3) is 5.35. The molecule has 0 aliphatic rings. The Morgan fingerprint density at radius 2 is 1.84 bits per heavy atom. The monoisotopic (exact) mass is 465 g/mol. The van der Waals surface area contributed by atoms with Gasteiger partial charge in [-0.05, 0) is 26.0 Å². The molecule has 0 radical (unpaired) electrons. The number of carbonyl (C=O) groups is 1. The summed E-state index contributed by atoms with van der Waals surface area (Å²) in [7, 11) is 0. The van der Waals surface area contributed by atoms with Crippen molar-refractivity contribution in [3.63, 3.8) is 0 Å². The SMILES string of the molecule is CCn1c(SCC(=O)Nc2nc(-c3ccccc3)cs2)nnc1[C@H](C)Oc1ccccc1. The van der Waals surface area contributed by atoms with Crippen molar-refractivity contribution in [3.8, 4) is 17.0 Å². The fourth-order valence-electron chi connectivity index (χ4n) is 3.12. The summed E-state index contributed by atoms with van der Waals surface area (Å²) in [6.07, 6.45) is -0.264. The molecule has 2 aromatic heterocycles. The predicted molar refractivity (Wildman–Crippen MR) is 128 cm³/mol. The van der Waals surface area contributed by atoms with Gasteiger partial charge in [0.25, 0.3) is 0 Å². The molecule has 0 bridgehead atoms. The molecule has 0 saturated carbocycles. The van der Waals surface area contributed by atoms with E-state index < -0.39 is 0 Å². The Hall–Kier alpha value is -3.17. The smallest absolute Gasteiger partial charge is 0.236 e. The first kappa shape index (κ1) is 22.0. The van der Waals surface area contributed by atoms with Gasteiger partial charge in [0.2, 0.25) is 5.91 Å². The van der Waals surface area contributed by atoms with E-state index in [0.717, 1.165) is 22.8 Å². The number of rotatable bonds is 9. The Kier molecular flexibility index (Phi) is 7.18. The summed E-state index contributed by atoms with van der Waals surface area (Å²) in [4.78, 5) is 17.0. The minimum atomic E-state index is -0.264. The first-order chi connectivity index (χ1) is 15.6. The molecule has 0 aliphatic carbocycles. The van der Waals surface area contributed by atoms with Gasteiger partial charge in [-0.25, -0.2) is 4.98 Å². The maximum Gasteiger partial charge on any atom is 0.236 e. The second kappa shape index (κ2) is 10.4. The second-order valence-corrected chi connectivity index (χ2v) is 8.70. The summed E-state index contributed by atoms with van der Waals surface area (Å²) in [6, 6.07) is 19.5. The summed E-state index contributed by atoms with van der Waals surface area (Å²) in [5.74, 6) is 1.58. The fourth-order valence-corrected chi connectivity index (χ4v) is 4.66. The average molecular weight is 466 g/mol. The average Bonchev–Trinajstić information content (AvgIpc) is 3.46. The molecule has 0 aliphatic heterocycles. The van der Waals surface area contributed by atoms with Crippen molar-refractivity contribution < 1.29 is 9.53 Å². The third-order valence-corrected chi connectivity index (χ3v) is 6.36. The van der Waals surface area contributed by atoms with Gasteiger partial charge < -0.3 is 14.6 Å². The van der Waals surface area contributed by atoms with E-state index in [0.29, 0.717) is 16.8 Å². The molecule has 7 nitrogen and oxygen atoms in total. The number of nitrogens with zero attached hydrogens (tertiary/aromatic N) is 4. The molecule has 4 rings (SSSR count). The Bertz CT molecular complexity index is 1160. The molecular weight excluding hydrogens is 442 g/mol. The van der Waals surface area contributed by atoms with E-state index in [1.54, 1.807) is 0 Å². The molecule has 1 atom stereocenters. The summed E-state index contributed by atoms with van der Waals surface area (Å²) >= 11 is 2.75. The standard InChI is InChI=1S/C23H23N5O2S2/c1-3-28-21(16(2)30-18-12-8-5-9-13-18)26-27-23(28)32-15-20(29)25-22-24-19(14-31-22)17-10-6-4-7-11-17/h4-14,16H,3,15H2,1-2H3,(H,24,25,29)/t16-/m0/s1. The van der Waals surface area contributed by atoms with Crippen molar-refractivity contribution in [1.82, 2.24) is 19.7 Å². The van der Waals surface area contributed by atoms with Crippen LogP contribution in [0.15, 0.2) is 71.2 Å². The molecule has 0 spiro atoms. The van der Waals surface area contributed by atoms with Crippen molar-refractivity contribution in [2.24, 2.45) is 0 Å². The molecule has 1 amide bonds. The summed E-state index contributed by atoms with van der Waals surface area (Å²) in [6.45, 7) is 4.64. The van der Waals surface area contributed by atoms with Crippen molar-refractivity contribution in [3.05, 3.63) is 71.9 Å². The number of anilines is 1. The normalized spacial score (nSPS) is 11.8. The first-order valence-electron chi connectivity index (χ1n) is 10.2. The highest BCUT2D eigenvalue weighted by atomic mass is 32.2. The lowest BCUT2D eigenvalue weighted by atomic mass is 10.2. The van der Waals surface area contributed by atoms with Crippen LogP contribution in [0.25, 0.3) is 11.3 Å². The molecule has 164 valence electrons. The Balaban J connectivity index is 1.35. The first-order valence-corrected chi connectivity index (χ1v) is 12.1. The number of hydrogen-bond donors (Lipinski definition) is 1. The lowest BCUT2D eigenvalue weighted by Crippen LogP contribution is -2.15. The van der Waals surface area contributed by atoms with Gasteiger partial charge in [-0.1, -0.05) is 60.3 Å². The van der Waals surface area contributed by atoms with Crippen LogP contribution in [-0.4, -0.2) is 31.4 Å². The number of para-hydroxylation sites is 1. The van der Waals surface area contributed by atoms with Crippen LogP contribution in [-0.2, 0) is 11.3 Å². The second-order valence-electron chi connectivity index (χ2n) is 6.90. The van der Waals surface area contributed by atoms with E-state index >= 15 is 0 Å². The van der Waals surface area contributed by atoms with E-state index in [9.17, 15) is 4.79 Å². The van der Waals surface area contributed by atoms with E-state index in [4.69, 9.17) is 4.74 Å². The number of carbonyl (C=O) groups excluding carboxylic acids is 1. The van der Waals surface area contributed by atoms with Crippen LogP contribution in [0.1, 0.15) is 25.8 Å². The van der Waals surface area contributed by atoms with Crippen LogP contribution in [0.4, 0.5) is 5.13 Å². The number of benzene rings is 2. The van der Waals surface area contributed by atoms with Crippen LogP contribution in [0.5, 0.6) is 5.75 Å². The minimum Gasteiger partial charge on any atom is -0.483 e. The van der Waals surface area contributed by atoms with E-state index in [1.165, 1.54) is 23.1 Å². The van der Waals surface area contributed by atoms with Gasteiger partial charge in [-0.15, -0.1) is 21.5 Å². The largest absolute Gasteiger partial charge is 0.483 e. The maximum absolute atomic E-state index is 12.5. The van der Waals surface area contributed by atoms with Crippen LogP contribution in [0, 0.1) is 0 Å². The maximum atomic E-state index is 12.5. The zero-order chi connectivity index (χ0) is 22.3. The number of amides is 1. The van der Waals surface area contributed by atoms with Gasteiger partial charge in [0.15, 0.2) is 22.2 Å². The number of aromatic nitrogens is 4. The van der Waals surface area contributed by atoms with Gasteiger partial charge in [0.1, 0.15) is 5.75 Å². The Labute approximate surface area is 194 Å². The molecule has 9 heteroatoms. The number of ether oxygens (including phenoxy) is 1. The lowest BCUT2D eigenvalue weighted by molar-refractivity contribution is -0.113. The van der Waals surface area contributed by atoms with E-state index in [2.05, 4.69) is 20.5 Å². The summed E-state index contributed by atoms with van der Waals surface area (Å²) in [5.41, 5.74) is 1.87. The molecule has 0 unspecified atom stereocenters. The number of nitrogens with one attached hydrogen (secondary N) is 1. The van der Waals surface area contributed by atoms with Gasteiger partial charge in [-0.2, -0.15) is 0 Å². The lowest BCUT2D eigenvalue weighted by Gasteiger charge is -2.15. The molecule has 1 N–H and O–H groups in total. The van der Waals surface area contributed by atoms with Crippen molar-refractivity contribution >= 4 is 34.1 Å². The van der Waals surface area contributed by atoms with Gasteiger partial charge >= 0.3 is 0 Å². The molecular formula is C23H23N5O2S2. The van der Waals surface area contributed by atoms with E-state index in [-0.39, 0.29) is 17.8 Å². The number of hydrogen-bond acceptors (Lipinski definition) is 7. The zero-order valence-electron chi connectivity index (χ0n) is 17.8. The van der Waals surface area contributed by atoms with Crippen LogP contribution < -0.4 is 10.1 Å². The van der Waals surface area contributed by atoms with E-state index in [1.807, 2.05) is 84.5 Å². The third-order valence-electron chi connectivity index (χ3n) is 4.63. The molecule has 0 saturated heterocycles. The molecule has 2 heterocycles. The van der Waals surface area contributed by atoms with Gasteiger partial charge in [0, 0.05) is 17.5 Å². The topological polar surface area (TPSA) is 81.9 Å². The zero-order valence-corrected chi connectivity index (χ0v) is 19.4. The highest BCUT2D eigenvalue weighted by Gasteiger charge is 2.19. The van der Waals surface area contributed by atoms with Crippen LogP contribution >= 0.6 is 23.1 Å². The molecule has 4 aromatic rings. The van der Waals surface area contributed by atoms with Crippen molar-refractivity contribution in [2.45, 2.75) is 31.7 Å². The molecule has 32 heavy (non-hydrogen) atoms.